The third kappa shape index (κ3) is 4.63. The van der Waals surface area contributed by atoms with E-state index in [0.717, 1.165) is 17.5 Å². The second-order valence-electron chi connectivity index (χ2n) is 6.24. The van der Waals surface area contributed by atoms with Crippen LogP contribution in [0.5, 0.6) is 0 Å². The maximum atomic E-state index is 12.0. The van der Waals surface area contributed by atoms with E-state index in [1.807, 2.05) is 6.07 Å². The van der Waals surface area contributed by atoms with Gasteiger partial charge in [-0.05, 0) is 36.3 Å². The van der Waals surface area contributed by atoms with E-state index in [9.17, 15) is 4.79 Å². The molecule has 1 aromatic rings. The average Bonchev–Trinajstić information content (AvgIpc) is 3.36. The number of methoxy groups -OCH3 is 2. The van der Waals surface area contributed by atoms with Gasteiger partial charge in [-0.3, -0.25) is 0 Å². The molecule has 2 rings (SSSR count). The smallest absolute Gasteiger partial charge is 0.341 e. The molecule has 0 aromatic heterocycles. The van der Waals surface area contributed by atoms with Gasteiger partial charge in [0.15, 0.2) is 0 Å². The van der Waals surface area contributed by atoms with Crippen molar-refractivity contribution in [2.75, 3.05) is 14.2 Å². The van der Waals surface area contributed by atoms with Crippen molar-refractivity contribution in [2.24, 2.45) is 5.92 Å². The van der Waals surface area contributed by atoms with E-state index in [4.69, 9.17) is 9.47 Å². The lowest BCUT2D eigenvalue weighted by molar-refractivity contribution is -0.133. The fourth-order valence-electron chi connectivity index (χ4n) is 2.37. The van der Waals surface area contributed by atoms with E-state index in [0.29, 0.717) is 17.4 Å². The van der Waals surface area contributed by atoms with Crippen LogP contribution in [-0.4, -0.2) is 20.2 Å². The lowest BCUT2D eigenvalue weighted by Crippen LogP contribution is -2.06. The third-order valence-corrected chi connectivity index (χ3v) is 3.76. The molecule has 0 aliphatic heterocycles. The van der Waals surface area contributed by atoms with Gasteiger partial charge in [0.2, 0.25) is 0 Å². The van der Waals surface area contributed by atoms with Gasteiger partial charge in [0, 0.05) is 17.5 Å². The predicted molar refractivity (Wildman–Crippen MR) is 91.8 cm³/mol. The Morgan fingerprint density at radius 1 is 1.35 bits per heavy atom. The van der Waals surface area contributed by atoms with E-state index in [-0.39, 0.29) is 0 Å². The van der Waals surface area contributed by atoms with Gasteiger partial charge in [-0.25, -0.2) is 4.79 Å². The molecule has 1 saturated carbocycles. The van der Waals surface area contributed by atoms with Gasteiger partial charge < -0.3 is 9.47 Å². The first-order valence-electron chi connectivity index (χ1n) is 8.01. The third-order valence-electron chi connectivity index (χ3n) is 3.76. The normalized spacial score (nSPS) is 14.2. The molecule has 23 heavy (non-hydrogen) atoms. The van der Waals surface area contributed by atoms with E-state index < -0.39 is 5.97 Å². The maximum absolute atomic E-state index is 12.0. The number of carbonyl (C=O) groups excluding carboxylic acids is 1. The minimum Gasteiger partial charge on any atom is -0.503 e. The van der Waals surface area contributed by atoms with Gasteiger partial charge in [-0.2, -0.15) is 0 Å². The summed E-state index contributed by atoms with van der Waals surface area (Å²) in [5.41, 5.74) is 3.32. The first-order valence-corrected chi connectivity index (χ1v) is 8.01. The quantitative estimate of drug-likeness (QED) is 0.355. The predicted octanol–water partition coefficient (Wildman–Crippen LogP) is 4.12. The molecule has 0 radical (unpaired) electrons. The van der Waals surface area contributed by atoms with Crippen LogP contribution in [0.3, 0.4) is 0 Å². The van der Waals surface area contributed by atoms with E-state index in [1.54, 1.807) is 0 Å². The van der Waals surface area contributed by atoms with Crippen LogP contribution in [0.25, 0.3) is 5.57 Å². The van der Waals surface area contributed by atoms with Crippen LogP contribution in [0.4, 0.5) is 0 Å². The zero-order valence-corrected chi connectivity index (χ0v) is 14.3. The van der Waals surface area contributed by atoms with Crippen molar-refractivity contribution >= 4 is 11.5 Å². The van der Waals surface area contributed by atoms with Crippen molar-refractivity contribution in [3.63, 3.8) is 0 Å². The van der Waals surface area contributed by atoms with E-state index >= 15 is 0 Å². The van der Waals surface area contributed by atoms with Crippen LogP contribution in [0.2, 0.25) is 0 Å². The molecule has 0 N–H and O–H groups in total. The Balaban J connectivity index is 2.44. The van der Waals surface area contributed by atoms with Crippen LogP contribution in [-0.2, 0) is 14.3 Å². The number of benzene rings is 1. The molecule has 0 heterocycles. The lowest BCUT2D eigenvalue weighted by Gasteiger charge is -2.10. The molecular formula is C20H24O3. The Hall–Kier alpha value is -2.21. The number of hydrogen-bond acceptors (Lipinski definition) is 3. The minimum absolute atomic E-state index is 0.395. The molecule has 3 nitrogen and oxygen atoms in total. The average molecular weight is 312 g/mol. The molecule has 0 spiro atoms. The summed E-state index contributed by atoms with van der Waals surface area (Å²) in [6, 6.07) is 6.13. The topological polar surface area (TPSA) is 35.5 Å². The number of hydrogen-bond donors (Lipinski definition) is 0. The highest BCUT2D eigenvalue weighted by molar-refractivity contribution is 6.16. The van der Waals surface area contributed by atoms with Gasteiger partial charge in [-0.15, -0.1) is 0 Å². The Bertz CT molecular complexity index is 655. The molecule has 0 saturated heterocycles. The standard InChI is InChI=1S/C20H24O3/c1-14(2)6-5-7-17-12-16(15-8-9-15)10-11-18(17)19(13-22-3)20(21)23-4/h10-15H,6,8-9H2,1-4H3/b19-13+. The molecule has 0 unspecified atom stereocenters. The summed E-state index contributed by atoms with van der Waals surface area (Å²) in [5, 5.41) is 0. The zero-order valence-electron chi connectivity index (χ0n) is 14.3. The monoisotopic (exact) mass is 312 g/mol. The summed E-state index contributed by atoms with van der Waals surface area (Å²) in [4.78, 5) is 12.0. The summed E-state index contributed by atoms with van der Waals surface area (Å²) < 4.78 is 9.93. The first-order chi connectivity index (χ1) is 11.1. The molecule has 1 aliphatic carbocycles. The van der Waals surface area contributed by atoms with Crippen molar-refractivity contribution in [3.05, 3.63) is 41.2 Å². The highest BCUT2D eigenvalue weighted by Gasteiger charge is 2.25. The molecule has 1 aliphatic rings. The Morgan fingerprint density at radius 3 is 2.65 bits per heavy atom. The zero-order chi connectivity index (χ0) is 16.8. The van der Waals surface area contributed by atoms with Crippen LogP contribution in [0.1, 0.15) is 55.7 Å². The fraction of sp³-hybridized carbons (Fsp3) is 0.450. The highest BCUT2D eigenvalue weighted by Crippen LogP contribution is 2.41. The Morgan fingerprint density at radius 2 is 2.09 bits per heavy atom. The molecule has 0 atom stereocenters. The number of rotatable bonds is 5. The van der Waals surface area contributed by atoms with Crippen molar-refractivity contribution in [1.29, 1.82) is 0 Å². The maximum Gasteiger partial charge on any atom is 0.341 e. The lowest BCUT2D eigenvalue weighted by atomic mass is 9.96. The summed E-state index contributed by atoms with van der Waals surface area (Å²) in [6.45, 7) is 4.28. The summed E-state index contributed by atoms with van der Waals surface area (Å²) in [5.74, 6) is 7.19. The van der Waals surface area contributed by atoms with Crippen LogP contribution < -0.4 is 0 Å². The molecule has 1 fully saturated rings. The second-order valence-corrected chi connectivity index (χ2v) is 6.24. The van der Waals surface area contributed by atoms with Crippen LogP contribution in [0, 0.1) is 17.8 Å². The highest BCUT2D eigenvalue weighted by atomic mass is 16.5. The molecule has 122 valence electrons. The molecule has 0 amide bonds. The Labute approximate surface area is 138 Å². The number of ether oxygens (including phenoxy) is 2. The second kappa shape index (κ2) is 7.87. The van der Waals surface area contributed by atoms with Gasteiger partial charge >= 0.3 is 5.97 Å². The van der Waals surface area contributed by atoms with E-state index in [1.165, 1.54) is 38.9 Å². The van der Waals surface area contributed by atoms with Crippen molar-refractivity contribution in [3.8, 4) is 11.8 Å². The SMILES string of the molecule is CO/C=C(/C(=O)OC)c1ccc(C2CC2)cc1C#CCC(C)C. The summed E-state index contributed by atoms with van der Waals surface area (Å²) >= 11 is 0. The van der Waals surface area contributed by atoms with Gasteiger partial charge in [-0.1, -0.05) is 37.8 Å². The van der Waals surface area contributed by atoms with Crippen LogP contribution >= 0.6 is 0 Å². The fourth-order valence-corrected chi connectivity index (χ4v) is 2.37. The Kier molecular flexibility index (Phi) is 5.87. The first kappa shape index (κ1) is 17.1. The number of carbonyl (C=O) groups is 1. The number of esters is 1. The molecule has 3 heteroatoms. The molecular weight excluding hydrogens is 288 g/mol. The largest absolute Gasteiger partial charge is 0.503 e. The van der Waals surface area contributed by atoms with Crippen molar-refractivity contribution in [2.45, 2.75) is 39.0 Å². The molecule has 0 bridgehead atoms. The van der Waals surface area contributed by atoms with Crippen LogP contribution in [0.15, 0.2) is 24.5 Å². The molecule has 1 aromatic carbocycles. The van der Waals surface area contributed by atoms with E-state index in [2.05, 4.69) is 37.8 Å². The van der Waals surface area contributed by atoms with Gasteiger partial charge in [0.25, 0.3) is 0 Å². The van der Waals surface area contributed by atoms with Gasteiger partial charge in [0.1, 0.15) is 5.57 Å². The van der Waals surface area contributed by atoms with Crippen molar-refractivity contribution < 1.29 is 14.3 Å². The van der Waals surface area contributed by atoms with Gasteiger partial charge in [0.05, 0.1) is 20.5 Å². The van der Waals surface area contributed by atoms with Crippen molar-refractivity contribution in [1.82, 2.24) is 0 Å². The summed E-state index contributed by atoms with van der Waals surface area (Å²) in [7, 11) is 2.89. The summed E-state index contributed by atoms with van der Waals surface area (Å²) in [6.07, 6.45) is 4.71. The minimum atomic E-state index is -0.419.